The number of nitrogens with one attached hydrogen (secondary N) is 1. The quantitative estimate of drug-likeness (QED) is 0.594. The Hall–Kier alpha value is -2.98. The molecule has 0 saturated carbocycles. The van der Waals surface area contributed by atoms with E-state index in [1.54, 1.807) is 24.3 Å². The van der Waals surface area contributed by atoms with Gasteiger partial charge in [0.05, 0.1) is 11.7 Å². The molecule has 3 N–H and O–H groups in total. The number of fused-ring (bicyclic) bond motifs is 1. The van der Waals surface area contributed by atoms with E-state index in [-0.39, 0.29) is 33.2 Å². The second-order valence-electron chi connectivity index (χ2n) is 7.34. The predicted molar refractivity (Wildman–Crippen MR) is 113 cm³/mol. The minimum absolute atomic E-state index is 0.0581. The summed E-state index contributed by atoms with van der Waals surface area (Å²) < 4.78 is 13.5. The third kappa shape index (κ3) is 3.63. The zero-order valence-electron chi connectivity index (χ0n) is 16.5. The summed E-state index contributed by atoms with van der Waals surface area (Å²) in [5.41, 5.74) is 5.89. The molecule has 0 aliphatic carbocycles. The van der Waals surface area contributed by atoms with Crippen molar-refractivity contribution in [2.75, 3.05) is 5.73 Å². The zero-order valence-corrected chi connectivity index (χ0v) is 17.3. The molecule has 1 aliphatic heterocycles. The zero-order chi connectivity index (χ0) is 21.4. The maximum Gasteiger partial charge on any atom is 0.338 e. The molecule has 0 radical (unpaired) electrons. The van der Waals surface area contributed by atoms with Crippen LogP contribution in [0.4, 0.5) is 5.95 Å². The van der Waals surface area contributed by atoms with Gasteiger partial charge in [-0.3, -0.25) is 19.1 Å². The van der Waals surface area contributed by atoms with E-state index in [0.717, 1.165) is 11.3 Å². The highest BCUT2D eigenvalue weighted by molar-refractivity contribution is 7.16. The highest BCUT2D eigenvalue weighted by Crippen LogP contribution is 2.37. The van der Waals surface area contributed by atoms with Gasteiger partial charge in [-0.1, -0.05) is 43.4 Å². The molecule has 9 nitrogen and oxygen atoms in total. The minimum atomic E-state index is -0.630. The summed E-state index contributed by atoms with van der Waals surface area (Å²) in [6.07, 6.45) is -0.328. The number of benzene rings is 1. The van der Waals surface area contributed by atoms with Crippen molar-refractivity contribution in [2.45, 2.75) is 45.1 Å². The first-order valence-corrected chi connectivity index (χ1v) is 10.5. The fraction of sp³-hybridized carbons (Fsp3) is 0.400. The van der Waals surface area contributed by atoms with Gasteiger partial charge in [-0.05, 0) is 25.0 Å². The normalized spacial score (nSPS) is 22.3. The Bertz CT molecular complexity index is 1190. The number of nitrogen functional groups attached to an aromatic ring is 1. The number of hydrogen-bond acceptors (Lipinski definition) is 8. The maximum absolute atomic E-state index is 12.6. The Balaban J connectivity index is 1.60. The Morgan fingerprint density at radius 2 is 2.13 bits per heavy atom. The summed E-state index contributed by atoms with van der Waals surface area (Å²) in [6.45, 7) is 3.86. The van der Waals surface area contributed by atoms with Gasteiger partial charge < -0.3 is 15.2 Å². The molecule has 4 rings (SSSR count). The van der Waals surface area contributed by atoms with Gasteiger partial charge in [0, 0.05) is 5.92 Å². The molecule has 0 unspecified atom stereocenters. The summed E-state index contributed by atoms with van der Waals surface area (Å²) in [6, 6.07) is 8.77. The molecule has 0 spiro atoms. The lowest BCUT2D eigenvalue weighted by Crippen LogP contribution is -2.31. The van der Waals surface area contributed by atoms with Crippen LogP contribution in [0.25, 0.3) is 10.3 Å². The van der Waals surface area contributed by atoms with Gasteiger partial charge in [0.2, 0.25) is 5.95 Å². The van der Waals surface area contributed by atoms with E-state index in [4.69, 9.17) is 15.2 Å². The number of ether oxygens (including phenoxy) is 2. The summed E-state index contributed by atoms with van der Waals surface area (Å²) >= 11 is 0.807. The third-order valence-corrected chi connectivity index (χ3v) is 6.18. The number of esters is 1. The molecule has 10 heteroatoms. The van der Waals surface area contributed by atoms with Gasteiger partial charge in [0.15, 0.2) is 5.65 Å². The van der Waals surface area contributed by atoms with E-state index in [0.29, 0.717) is 18.4 Å². The molecule has 1 aliphatic rings. The van der Waals surface area contributed by atoms with Crippen molar-refractivity contribution in [3.05, 3.63) is 55.9 Å². The van der Waals surface area contributed by atoms with E-state index in [9.17, 15) is 14.4 Å². The van der Waals surface area contributed by atoms with E-state index in [1.165, 1.54) is 4.57 Å². The Morgan fingerprint density at radius 3 is 2.83 bits per heavy atom. The van der Waals surface area contributed by atoms with Crippen LogP contribution in [0.15, 0.2) is 39.9 Å². The molecule has 4 atom stereocenters. The van der Waals surface area contributed by atoms with Gasteiger partial charge in [0.1, 0.15) is 17.0 Å². The van der Waals surface area contributed by atoms with Crippen LogP contribution in [0.2, 0.25) is 0 Å². The molecule has 1 aromatic carbocycles. The SMILES string of the molecule is CC[C@@H](OC(=O)c1ccccc1)[C@@H]1C[C@@H](C)[C@H](n2c(=O)sc3c(=O)[nH]c(N)nc32)O1. The topological polar surface area (TPSA) is 129 Å². The molecular weight excluding hydrogens is 408 g/mol. The molecule has 30 heavy (non-hydrogen) atoms. The smallest absolute Gasteiger partial charge is 0.338 e. The third-order valence-electron chi connectivity index (χ3n) is 5.24. The molecule has 158 valence electrons. The lowest BCUT2D eigenvalue weighted by Gasteiger charge is -2.23. The standard InChI is InChI=1S/C20H22N4O5S/c1-3-12(29-18(26)11-7-5-4-6-8-11)13-9-10(2)17(28-13)24-15-14(30-20(24)27)16(25)23-19(21)22-15/h4-8,10,12-13,17H,3,9H2,1-2H3,(H3,21,22,23,25)/t10-,12-,13+,17-/m1/s1. The van der Waals surface area contributed by atoms with E-state index in [1.807, 2.05) is 19.9 Å². The van der Waals surface area contributed by atoms with Crippen molar-refractivity contribution < 1.29 is 14.3 Å². The molecule has 1 saturated heterocycles. The van der Waals surface area contributed by atoms with Crippen LogP contribution in [0.3, 0.4) is 0 Å². The lowest BCUT2D eigenvalue weighted by molar-refractivity contribution is -0.0731. The van der Waals surface area contributed by atoms with Gasteiger partial charge in [-0.2, -0.15) is 4.98 Å². The number of aromatic nitrogens is 3. The van der Waals surface area contributed by atoms with Crippen LogP contribution in [0.5, 0.6) is 0 Å². The highest BCUT2D eigenvalue weighted by Gasteiger charge is 2.40. The van der Waals surface area contributed by atoms with E-state index in [2.05, 4.69) is 9.97 Å². The van der Waals surface area contributed by atoms with E-state index < -0.39 is 23.9 Å². The van der Waals surface area contributed by atoms with Gasteiger partial charge in [-0.15, -0.1) is 0 Å². The second kappa shape index (κ2) is 8.04. The number of anilines is 1. The highest BCUT2D eigenvalue weighted by atomic mass is 32.1. The summed E-state index contributed by atoms with van der Waals surface area (Å²) in [5.74, 6) is -0.539. The maximum atomic E-state index is 12.6. The number of nitrogens with zero attached hydrogens (tertiary/aromatic N) is 2. The fourth-order valence-corrected chi connectivity index (χ4v) is 4.62. The van der Waals surface area contributed by atoms with Crippen molar-refractivity contribution in [3.8, 4) is 0 Å². The van der Waals surface area contributed by atoms with Crippen LogP contribution in [-0.2, 0) is 9.47 Å². The van der Waals surface area contributed by atoms with Crippen molar-refractivity contribution >= 4 is 33.6 Å². The number of thiazole rings is 1. The molecule has 0 bridgehead atoms. The van der Waals surface area contributed by atoms with Gasteiger partial charge in [0.25, 0.3) is 5.56 Å². The first kappa shape index (κ1) is 20.3. The molecule has 3 aromatic rings. The first-order valence-electron chi connectivity index (χ1n) is 9.71. The predicted octanol–water partition coefficient (Wildman–Crippen LogP) is 2.29. The number of aromatic amines is 1. The first-order chi connectivity index (χ1) is 14.4. The van der Waals surface area contributed by atoms with Gasteiger partial charge in [-0.25, -0.2) is 4.79 Å². The number of nitrogens with two attached hydrogens (primary N) is 1. The minimum Gasteiger partial charge on any atom is -0.456 e. The fourth-order valence-electron chi connectivity index (χ4n) is 3.78. The second-order valence-corrected chi connectivity index (χ2v) is 8.30. The van der Waals surface area contributed by atoms with Crippen molar-refractivity contribution in [1.82, 2.24) is 14.5 Å². The van der Waals surface area contributed by atoms with Crippen LogP contribution < -0.4 is 16.2 Å². The largest absolute Gasteiger partial charge is 0.456 e. The number of hydrogen-bond donors (Lipinski definition) is 2. The lowest BCUT2D eigenvalue weighted by atomic mass is 10.0. The van der Waals surface area contributed by atoms with Gasteiger partial charge >= 0.3 is 10.8 Å². The molecule has 3 heterocycles. The van der Waals surface area contributed by atoms with Crippen LogP contribution in [-0.4, -0.2) is 32.7 Å². The molecular formula is C20H22N4O5S. The monoisotopic (exact) mass is 430 g/mol. The average molecular weight is 430 g/mol. The summed E-state index contributed by atoms with van der Waals surface area (Å²) in [7, 11) is 0. The molecule has 1 fully saturated rings. The Labute approximate surface area is 175 Å². The van der Waals surface area contributed by atoms with Crippen molar-refractivity contribution in [2.24, 2.45) is 5.92 Å². The van der Waals surface area contributed by atoms with Crippen molar-refractivity contribution in [3.63, 3.8) is 0 Å². The Kier molecular flexibility index (Phi) is 5.44. The number of rotatable bonds is 5. The molecule has 0 amide bonds. The molecule has 2 aromatic heterocycles. The van der Waals surface area contributed by atoms with E-state index >= 15 is 0 Å². The Morgan fingerprint density at radius 1 is 1.40 bits per heavy atom. The number of carbonyl (C=O) groups excluding carboxylic acids is 1. The van der Waals surface area contributed by atoms with Crippen LogP contribution in [0, 0.1) is 5.92 Å². The van der Waals surface area contributed by atoms with Crippen LogP contribution in [0.1, 0.15) is 43.3 Å². The van der Waals surface area contributed by atoms with Crippen molar-refractivity contribution in [1.29, 1.82) is 0 Å². The van der Waals surface area contributed by atoms with Crippen LogP contribution >= 0.6 is 11.3 Å². The summed E-state index contributed by atoms with van der Waals surface area (Å²) in [4.78, 5) is 43.4. The number of H-pyrrole nitrogens is 1. The number of carbonyl (C=O) groups is 1. The average Bonchev–Trinajstić information content (AvgIpc) is 3.25. The summed E-state index contributed by atoms with van der Waals surface area (Å²) in [5, 5.41) is 0.